The number of benzene rings is 2. The predicted octanol–water partition coefficient (Wildman–Crippen LogP) is 4.05. The highest BCUT2D eigenvalue weighted by Gasteiger charge is 2.34. The molecule has 5 heteroatoms. The second-order valence-electron chi connectivity index (χ2n) is 6.50. The number of likely N-dealkylation sites (tertiary alicyclic amines) is 1. The molecule has 3 rings (SSSR count). The second kappa shape index (κ2) is 7.40. The van der Waals surface area contributed by atoms with Gasteiger partial charge in [0.2, 0.25) is 11.8 Å². The molecule has 1 saturated heterocycles. The normalized spacial score (nSPS) is 17.0. The van der Waals surface area contributed by atoms with Crippen LogP contribution in [0.25, 0.3) is 0 Å². The Labute approximate surface area is 156 Å². The van der Waals surface area contributed by atoms with Crippen molar-refractivity contribution in [2.24, 2.45) is 5.92 Å². The molecule has 0 saturated carbocycles. The standard InChI is InChI=1S/C20H21BrN2O2/c1-13-14(2)18(9-8-17(13)21)22-20(25)16-10-19(24)23(12-16)11-15-6-4-3-5-7-15/h3-9,16H,10-12H2,1-2H3,(H,22,25)/t16-/m0/s1. The van der Waals surface area contributed by atoms with Crippen molar-refractivity contribution in [3.63, 3.8) is 0 Å². The number of hydrogen-bond donors (Lipinski definition) is 1. The van der Waals surface area contributed by atoms with Gasteiger partial charge in [0.05, 0.1) is 5.92 Å². The minimum absolute atomic E-state index is 0.0349. The summed E-state index contributed by atoms with van der Waals surface area (Å²) in [4.78, 5) is 26.6. The van der Waals surface area contributed by atoms with Crippen LogP contribution in [0.15, 0.2) is 46.9 Å². The third kappa shape index (κ3) is 3.93. The zero-order valence-corrected chi connectivity index (χ0v) is 16.0. The lowest BCUT2D eigenvalue weighted by atomic mass is 10.1. The fourth-order valence-corrected chi connectivity index (χ4v) is 3.49. The maximum atomic E-state index is 12.6. The van der Waals surface area contributed by atoms with Gasteiger partial charge in [0.1, 0.15) is 0 Å². The summed E-state index contributed by atoms with van der Waals surface area (Å²) < 4.78 is 1.02. The van der Waals surface area contributed by atoms with Gasteiger partial charge < -0.3 is 10.2 Å². The van der Waals surface area contributed by atoms with Gasteiger partial charge in [0.15, 0.2) is 0 Å². The fourth-order valence-electron chi connectivity index (χ4n) is 3.06. The van der Waals surface area contributed by atoms with Gasteiger partial charge in [0, 0.05) is 29.7 Å². The first kappa shape index (κ1) is 17.7. The molecule has 0 spiro atoms. The molecule has 1 aliphatic heterocycles. The highest BCUT2D eigenvalue weighted by atomic mass is 79.9. The van der Waals surface area contributed by atoms with Gasteiger partial charge >= 0.3 is 0 Å². The highest BCUT2D eigenvalue weighted by molar-refractivity contribution is 9.10. The van der Waals surface area contributed by atoms with E-state index in [0.717, 1.165) is 26.9 Å². The Morgan fingerprint density at radius 3 is 2.60 bits per heavy atom. The van der Waals surface area contributed by atoms with E-state index in [-0.39, 0.29) is 24.2 Å². The molecule has 2 aromatic carbocycles. The molecule has 0 radical (unpaired) electrons. The Morgan fingerprint density at radius 2 is 1.88 bits per heavy atom. The van der Waals surface area contributed by atoms with Gasteiger partial charge in [-0.25, -0.2) is 0 Å². The van der Waals surface area contributed by atoms with Crippen molar-refractivity contribution in [2.45, 2.75) is 26.8 Å². The molecule has 2 aromatic rings. The van der Waals surface area contributed by atoms with Crippen LogP contribution in [-0.4, -0.2) is 23.3 Å². The Hall–Kier alpha value is -2.14. The first-order valence-corrected chi connectivity index (χ1v) is 9.13. The lowest BCUT2D eigenvalue weighted by Crippen LogP contribution is -2.28. The quantitative estimate of drug-likeness (QED) is 0.841. The zero-order chi connectivity index (χ0) is 18.0. The molecule has 1 N–H and O–H groups in total. The van der Waals surface area contributed by atoms with Crippen molar-refractivity contribution in [1.29, 1.82) is 0 Å². The van der Waals surface area contributed by atoms with Gasteiger partial charge in [0.25, 0.3) is 0 Å². The zero-order valence-electron chi connectivity index (χ0n) is 14.4. The summed E-state index contributed by atoms with van der Waals surface area (Å²) in [5.41, 5.74) is 4.02. The molecule has 0 aliphatic carbocycles. The predicted molar refractivity (Wildman–Crippen MR) is 102 cm³/mol. The molecule has 4 nitrogen and oxygen atoms in total. The SMILES string of the molecule is Cc1c(Br)ccc(NC(=O)[C@H]2CC(=O)N(Cc3ccccc3)C2)c1C. The summed E-state index contributed by atoms with van der Waals surface area (Å²) in [7, 11) is 0. The fraction of sp³-hybridized carbons (Fsp3) is 0.300. The van der Waals surface area contributed by atoms with Gasteiger partial charge in [-0.1, -0.05) is 46.3 Å². The van der Waals surface area contributed by atoms with E-state index in [1.54, 1.807) is 4.90 Å². The van der Waals surface area contributed by atoms with Crippen LogP contribution in [0.2, 0.25) is 0 Å². The molecule has 1 aliphatic rings. The number of rotatable bonds is 4. The Kier molecular flexibility index (Phi) is 5.23. The van der Waals surface area contributed by atoms with Crippen molar-refractivity contribution < 1.29 is 9.59 Å². The van der Waals surface area contributed by atoms with Crippen LogP contribution in [0.5, 0.6) is 0 Å². The number of anilines is 1. The van der Waals surface area contributed by atoms with Crippen molar-refractivity contribution in [1.82, 2.24) is 4.90 Å². The average Bonchev–Trinajstić information content (AvgIpc) is 2.97. The molecule has 1 fully saturated rings. The van der Waals surface area contributed by atoms with Crippen LogP contribution in [0.1, 0.15) is 23.1 Å². The van der Waals surface area contributed by atoms with Crippen molar-refractivity contribution >= 4 is 33.4 Å². The van der Waals surface area contributed by atoms with E-state index in [2.05, 4.69) is 21.2 Å². The maximum Gasteiger partial charge on any atom is 0.229 e. The van der Waals surface area contributed by atoms with Crippen molar-refractivity contribution in [3.05, 3.63) is 63.6 Å². The number of hydrogen-bond acceptors (Lipinski definition) is 2. The van der Waals surface area contributed by atoms with E-state index in [9.17, 15) is 9.59 Å². The maximum absolute atomic E-state index is 12.6. The van der Waals surface area contributed by atoms with E-state index < -0.39 is 0 Å². The molecule has 1 heterocycles. The van der Waals surface area contributed by atoms with Gasteiger partial charge in [-0.2, -0.15) is 0 Å². The summed E-state index contributed by atoms with van der Waals surface area (Å²) in [5, 5.41) is 2.99. The van der Waals surface area contributed by atoms with E-state index in [0.29, 0.717) is 13.1 Å². The van der Waals surface area contributed by atoms with Crippen LogP contribution >= 0.6 is 15.9 Å². The first-order valence-electron chi connectivity index (χ1n) is 8.34. The number of halogens is 1. The molecule has 0 unspecified atom stereocenters. The third-order valence-electron chi connectivity index (χ3n) is 4.78. The van der Waals surface area contributed by atoms with Gasteiger partial charge in [-0.3, -0.25) is 9.59 Å². The highest BCUT2D eigenvalue weighted by Crippen LogP contribution is 2.27. The minimum atomic E-state index is -0.306. The number of nitrogens with zero attached hydrogens (tertiary/aromatic N) is 1. The first-order chi connectivity index (χ1) is 12.0. The third-order valence-corrected chi connectivity index (χ3v) is 5.64. The largest absolute Gasteiger partial charge is 0.338 e. The topological polar surface area (TPSA) is 49.4 Å². The van der Waals surface area contributed by atoms with Crippen LogP contribution in [0, 0.1) is 19.8 Å². The molecule has 1 atom stereocenters. The molecule has 25 heavy (non-hydrogen) atoms. The number of nitrogens with one attached hydrogen (secondary N) is 1. The molecule has 0 bridgehead atoms. The molecular formula is C20H21BrN2O2. The summed E-state index contributed by atoms with van der Waals surface area (Å²) in [6, 6.07) is 13.7. The van der Waals surface area contributed by atoms with E-state index in [1.165, 1.54) is 0 Å². The van der Waals surface area contributed by atoms with E-state index in [4.69, 9.17) is 0 Å². The van der Waals surface area contributed by atoms with Crippen molar-refractivity contribution in [3.8, 4) is 0 Å². The van der Waals surface area contributed by atoms with Crippen molar-refractivity contribution in [2.75, 3.05) is 11.9 Å². The summed E-state index contributed by atoms with van der Waals surface area (Å²) in [6.45, 7) is 5.01. The lowest BCUT2D eigenvalue weighted by Gasteiger charge is -2.17. The van der Waals surface area contributed by atoms with E-state index in [1.807, 2.05) is 56.3 Å². The lowest BCUT2D eigenvalue weighted by molar-refractivity contribution is -0.128. The number of amides is 2. The smallest absolute Gasteiger partial charge is 0.229 e. The van der Waals surface area contributed by atoms with Crippen LogP contribution in [-0.2, 0) is 16.1 Å². The van der Waals surface area contributed by atoms with Gasteiger partial charge in [-0.05, 0) is 42.7 Å². The van der Waals surface area contributed by atoms with Gasteiger partial charge in [-0.15, -0.1) is 0 Å². The van der Waals surface area contributed by atoms with Crippen LogP contribution < -0.4 is 5.32 Å². The minimum Gasteiger partial charge on any atom is -0.338 e. The summed E-state index contributed by atoms with van der Waals surface area (Å²) in [6.07, 6.45) is 0.271. The van der Waals surface area contributed by atoms with E-state index >= 15 is 0 Å². The average molecular weight is 401 g/mol. The monoisotopic (exact) mass is 400 g/mol. The summed E-state index contributed by atoms with van der Waals surface area (Å²) >= 11 is 3.50. The Morgan fingerprint density at radius 1 is 1.16 bits per heavy atom. The molecular weight excluding hydrogens is 380 g/mol. The summed E-state index contributed by atoms with van der Waals surface area (Å²) in [5.74, 6) is -0.360. The van der Waals surface area contributed by atoms with Crippen LogP contribution in [0.4, 0.5) is 5.69 Å². The Balaban J connectivity index is 1.66. The molecule has 0 aromatic heterocycles. The number of carbonyl (C=O) groups excluding carboxylic acids is 2. The second-order valence-corrected chi connectivity index (χ2v) is 7.35. The molecule has 2 amide bonds. The Bertz CT molecular complexity index is 805. The molecule has 130 valence electrons. The number of carbonyl (C=O) groups is 2. The van der Waals surface area contributed by atoms with Crippen LogP contribution in [0.3, 0.4) is 0 Å².